The van der Waals surface area contributed by atoms with E-state index >= 15 is 0 Å². The molecule has 2 aliphatic rings. The van der Waals surface area contributed by atoms with Crippen LogP contribution >= 0.6 is 0 Å². The minimum absolute atomic E-state index is 0.0763. The van der Waals surface area contributed by atoms with Crippen LogP contribution in [0.2, 0.25) is 0 Å². The van der Waals surface area contributed by atoms with Crippen LogP contribution in [0.5, 0.6) is 11.5 Å². The molecule has 4 N–H and O–H groups in total. The number of aliphatic hydroxyl groups is 2. The van der Waals surface area contributed by atoms with Gasteiger partial charge in [0.2, 0.25) is 0 Å². The van der Waals surface area contributed by atoms with Gasteiger partial charge in [-0.1, -0.05) is 39.5 Å². The van der Waals surface area contributed by atoms with Gasteiger partial charge in [0.05, 0.1) is 10.5 Å². The third-order valence-corrected chi connectivity index (χ3v) is 14.5. The van der Waals surface area contributed by atoms with Gasteiger partial charge in [-0.3, -0.25) is 0 Å². The molecular weight excluding hydrogens is 637 g/mol. The van der Waals surface area contributed by atoms with Crippen LogP contribution in [0, 0.1) is 0 Å². The summed E-state index contributed by atoms with van der Waals surface area (Å²) in [4.78, 5) is 4.39. The number of aromatic hydroxyl groups is 2. The molecular formula is C40H64N2O6S. The number of sulfone groups is 1. The SMILES string of the molecule is CCCCC(CCc1cc(O)c2c(c1)N(C)C(C)CC2CCO)S(=O)(=O)C(CCCC)CCc1cc(O)c2c(c1)N(C)C(C)CC2CCO. The summed E-state index contributed by atoms with van der Waals surface area (Å²) in [5, 5.41) is 40.8. The number of aliphatic hydroxyl groups excluding tert-OH is 2. The number of benzene rings is 2. The van der Waals surface area contributed by atoms with E-state index in [-0.39, 0.29) is 48.6 Å². The molecule has 0 aliphatic carbocycles. The zero-order valence-corrected chi connectivity index (χ0v) is 31.8. The molecule has 2 aromatic carbocycles. The van der Waals surface area contributed by atoms with Gasteiger partial charge in [-0.25, -0.2) is 8.42 Å². The Balaban J connectivity index is 1.57. The number of hydrogen-bond acceptors (Lipinski definition) is 8. The molecule has 6 unspecified atom stereocenters. The monoisotopic (exact) mass is 700 g/mol. The standard InChI is InChI=1S/C40H64N2O6S/c1-7-9-11-33(15-13-29-23-35-39(37(45)25-29)31(17-19-43)21-27(3)41(35)5)49(47,48)34(12-10-8-2)16-14-30-24-36-40(38(46)26-30)32(18-20-44)22-28(4)42(36)6/h23-28,31-34,43-46H,7-22H2,1-6H3. The Bertz CT molecular complexity index is 1380. The largest absolute Gasteiger partial charge is 0.508 e. The molecule has 6 atom stereocenters. The fourth-order valence-electron chi connectivity index (χ4n) is 8.49. The fourth-order valence-corrected chi connectivity index (χ4v) is 10.9. The van der Waals surface area contributed by atoms with Gasteiger partial charge in [-0.15, -0.1) is 0 Å². The highest BCUT2D eigenvalue weighted by Gasteiger charge is 2.35. The maximum Gasteiger partial charge on any atom is 0.156 e. The van der Waals surface area contributed by atoms with E-state index in [4.69, 9.17) is 0 Å². The van der Waals surface area contributed by atoms with E-state index in [0.717, 1.165) is 72.2 Å². The second kappa shape index (κ2) is 17.6. The Labute approximate surface area is 296 Å². The molecule has 49 heavy (non-hydrogen) atoms. The van der Waals surface area contributed by atoms with E-state index in [1.165, 1.54) is 0 Å². The Kier molecular flexibility index (Phi) is 14.1. The van der Waals surface area contributed by atoms with Gasteiger partial charge in [0, 0.05) is 61.9 Å². The number of phenolic OH excluding ortho intramolecular Hbond substituents is 2. The lowest BCUT2D eigenvalue weighted by Gasteiger charge is -2.39. The van der Waals surface area contributed by atoms with Crippen molar-refractivity contribution in [1.29, 1.82) is 0 Å². The van der Waals surface area contributed by atoms with Crippen LogP contribution in [-0.4, -0.2) is 78.7 Å². The Morgan fingerprint density at radius 2 is 1.08 bits per heavy atom. The first-order valence-corrected chi connectivity index (χ1v) is 20.6. The average molecular weight is 701 g/mol. The number of rotatable bonds is 18. The smallest absolute Gasteiger partial charge is 0.156 e. The molecule has 2 aromatic rings. The lowest BCUT2D eigenvalue weighted by Crippen LogP contribution is -2.36. The average Bonchev–Trinajstić information content (AvgIpc) is 3.05. The molecule has 4 rings (SSSR count). The Hall–Kier alpha value is -2.49. The van der Waals surface area contributed by atoms with Crippen LogP contribution in [0.25, 0.3) is 0 Å². The third kappa shape index (κ3) is 9.06. The zero-order valence-electron chi connectivity index (χ0n) is 31.0. The van der Waals surface area contributed by atoms with E-state index in [0.29, 0.717) is 51.4 Å². The van der Waals surface area contributed by atoms with Gasteiger partial charge < -0.3 is 30.2 Å². The van der Waals surface area contributed by atoms with Gasteiger partial charge in [0.25, 0.3) is 0 Å². The molecule has 2 aliphatic heterocycles. The first kappa shape index (κ1) is 39.3. The number of hydrogen-bond donors (Lipinski definition) is 4. The molecule has 0 fully saturated rings. The second-order valence-electron chi connectivity index (χ2n) is 15.1. The van der Waals surface area contributed by atoms with Crippen LogP contribution in [0.1, 0.15) is 139 Å². The number of unbranched alkanes of at least 4 members (excludes halogenated alkanes) is 2. The van der Waals surface area contributed by atoms with Crippen LogP contribution in [-0.2, 0) is 22.7 Å². The van der Waals surface area contributed by atoms with Gasteiger partial charge in [-0.2, -0.15) is 0 Å². The first-order valence-electron chi connectivity index (χ1n) is 19.0. The highest BCUT2D eigenvalue weighted by atomic mass is 32.2. The number of phenols is 2. The van der Waals surface area contributed by atoms with Gasteiger partial charge >= 0.3 is 0 Å². The number of aryl methyl sites for hydroxylation is 2. The Morgan fingerprint density at radius 3 is 1.43 bits per heavy atom. The van der Waals surface area contributed by atoms with Crippen molar-refractivity contribution < 1.29 is 28.8 Å². The molecule has 9 heteroatoms. The van der Waals surface area contributed by atoms with Crippen molar-refractivity contribution in [2.45, 2.75) is 152 Å². The van der Waals surface area contributed by atoms with E-state index in [2.05, 4.69) is 49.6 Å². The number of nitrogens with zero attached hydrogens (tertiary/aromatic N) is 2. The van der Waals surface area contributed by atoms with Crippen molar-refractivity contribution in [3.05, 3.63) is 46.5 Å². The van der Waals surface area contributed by atoms with Crippen LogP contribution in [0.4, 0.5) is 11.4 Å². The molecule has 0 saturated carbocycles. The summed E-state index contributed by atoms with van der Waals surface area (Å²) < 4.78 is 29.1. The van der Waals surface area contributed by atoms with E-state index in [1.807, 2.05) is 26.2 Å². The molecule has 0 saturated heterocycles. The molecule has 0 amide bonds. The van der Waals surface area contributed by atoms with E-state index < -0.39 is 20.3 Å². The van der Waals surface area contributed by atoms with Crippen molar-refractivity contribution in [3.63, 3.8) is 0 Å². The molecule has 0 aromatic heterocycles. The third-order valence-electron chi connectivity index (χ3n) is 11.7. The fraction of sp³-hybridized carbons (Fsp3) is 0.700. The van der Waals surface area contributed by atoms with E-state index in [1.54, 1.807) is 0 Å². The minimum Gasteiger partial charge on any atom is -0.508 e. The maximum atomic E-state index is 14.5. The summed E-state index contributed by atoms with van der Waals surface area (Å²) in [6.45, 7) is 8.69. The molecule has 0 spiro atoms. The predicted octanol–water partition coefficient (Wildman–Crippen LogP) is 7.58. The lowest BCUT2D eigenvalue weighted by atomic mass is 9.83. The first-order chi connectivity index (χ1) is 23.4. The second-order valence-corrected chi connectivity index (χ2v) is 17.6. The number of anilines is 2. The minimum atomic E-state index is -3.48. The summed E-state index contributed by atoms with van der Waals surface area (Å²) in [7, 11) is 0.614. The van der Waals surface area contributed by atoms with Crippen molar-refractivity contribution in [1.82, 2.24) is 0 Å². The van der Waals surface area contributed by atoms with E-state index in [9.17, 15) is 28.8 Å². The molecule has 276 valence electrons. The molecule has 0 radical (unpaired) electrons. The zero-order chi connectivity index (χ0) is 35.9. The molecule has 2 heterocycles. The van der Waals surface area contributed by atoms with Crippen molar-refractivity contribution in [2.24, 2.45) is 0 Å². The highest BCUT2D eigenvalue weighted by molar-refractivity contribution is 7.92. The predicted molar refractivity (Wildman–Crippen MR) is 202 cm³/mol. The normalized spacial score (nSPS) is 22.1. The quantitative estimate of drug-likeness (QED) is 0.126. The summed E-state index contributed by atoms with van der Waals surface area (Å²) in [5.41, 5.74) is 5.65. The molecule has 8 nitrogen and oxygen atoms in total. The topological polar surface area (TPSA) is 122 Å². The highest BCUT2D eigenvalue weighted by Crippen LogP contribution is 2.46. The van der Waals surface area contributed by atoms with Crippen LogP contribution in [0.15, 0.2) is 24.3 Å². The summed E-state index contributed by atoms with van der Waals surface area (Å²) in [6, 6.07) is 8.43. The van der Waals surface area contributed by atoms with Crippen molar-refractivity contribution in [2.75, 3.05) is 37.1 Å². The van der Waals surface area contributed by atoms with Crippen molar-refractivity contribution in [3.8, 4) is 11.5 Å². The maximum absolute atomic E-state index is 14.5. The van der Waals surface area contributed by atoms with Crippen LogP contribution < -0.4 is 9.80 Å². The van der Waals surface area contributed by atoms with Gasteiger partial charge in [-0.05, 0) is 125 Å². The number of fused-ring (bicyclic) bond motifs is 2. The summed E-state index contributed by atoms with van der Waals surface area (Å²) in [6.07, 6.45) is 9.94. The van der Waals surface area contributed by atoms with Gasteiger partial charge in [0.15, 0.2) is 9.84 Å². The van der Waals surface area contributed by atoms with Gasteiger partial charge in [0.1, 0.15) is 11.5 Å². The summed E-state index contributed by atoms with van der Waals surface area (Å²) >= 11 is 0. The van der Waals surface area contributed by atoms with Crippen LogP contribution in [0.3, 0.4) is 0 Å². The van der Waals surface area contributed by atoms with Crippen molar-refractivity contribution >= 4 is 21.2 Å². The lowest BCUT2D eigenvalue weighted by molar-refractivity contribution is 0.266. The molecule has 0 bridgehead atoms. The Morgan fingerprint density at radius 1 is 0.694 bits per heavy atom. The summed E-state index contributed by atoms with van der Waals surface area (Å²) in [5.74, 6) is 0.684.